The Balaban J connectivity index is 1.19. The molecule has 0 N–H and O–H groups in total. The number of piperazine rings is 1. The number of benzene rings is 1. The van der Waals surface area contributed by atoms with Gasteiger partial charge in [-0.15, -0.1) is 0 Å². The van der Waals surface area contributed by atoms with E-state index in [4.69, 9.17) is 16.1 Å². The molecule has 0 radical (unpaired) electrons. The molecule has 2 aliphatic heterocycles. The van der Waals surface area contributed by atoms with E-state index >= 15 is 0 Å². The monoisotopic (exact) mass is 459 g/mol. The maximum absolute atomic E-state index is 12.6. The van der Waals surface area contributed by atoms with Crippen LogP contribution in [0.4, 0.5) is 0 Å². The van der Waals surface area contributed by atoms with Gasteiger partial charge in [0.25, 0.3) is 0 Å². The van der Waals surface area contributed by atoms with Crippen molar-refractivity contribution in [2.45, 2.75) is 38.5 Å². The maximum atomic E-state index is 12.6. The van der Waals surface area contributed by atoms with Gasteiger partial charge in [-0.3, -0.25) is 14.5 Å². The molecule has 0 spiro atoms. The number of hydrogen-bond acceptors (Lipinski definition) is 6. The summed E-state index contributed by atoms with van der Waals surface area (Å²) in [6.45, 7) is 4.97. The van der Waals surface area contributed by atoms with Crippen molar-refractivity contribution in [3.05, 3.63) is 35.2 Å². The van der Waals surface area contributed by atoms with Crippen molar-refractivity contribution >= 4 is 23.4 Å². The minimum atomic E-state index is 0.0785. The third kappa shape index (κ3) is 6.07. The van der Waals surface area contributed by atoms with Crippen molar-refractivity contribution in [1.82, 2.24) is 24.8 Å². The van der Waals surface area contributed by atoms with Crippen LogP contribution in [-0.2, 0) is 16.0 Å². The second kappa shape index (κ2) is 10.9. The zero-order chi connectivity index (χ0) is 22.3. The van der Waals surface area contributed by atoms with Crippen molar-refractivity contribution in [2.24, 2.45) is 0 Å². The average Bonchev–Trinajstić information content (AvgIpc) is 3.11. The summed E-state index contributed by atoms with van der Waals surface area (Å²) in [5, 5.41) is 4.64. The highest BCUT2D eigenvalue weighted by molar-refractivity contribution is 6.30. The Hall–Kier alpha value is -2.45. The van der Waals surface area contributed by atoms with Crippen LogP contribution in [0.25, 0.3) is 11.4 Å². The van der Waals surface area contributed by atoms with Crippen molar-refractivity contribution < 1.29 is 14.1 Å². The summed E-state index contributed by atoms with van der Waals surface area (Å²) < 4.78 is 5.30. The quantitative estimate of drug-likeness (QED) is 0.660. The normalized spacial score (nSPS) is 17.9. The fourth-order valence-corrected chi connectivity index (χ4v) is 4.34. The predicted octanol–water partition coefficient (Wildman–Crippen LogP) is 2.87. The second-order valence-electron chi connectivity index (χ2n) is 8.47. The van der Waals surface area contributed by atoms with Crippen LogP contribution < -0.4 is 0 Å². The van der Waals surface area contributed by atoms with Crippen molar-refractivity contribution in [1.29, 1.82) is 0 Å². The first-order valence-electron chi connectivity index (χ1n) is 11.4. The van der Waals surface area contributed by atoms with Crippen molar-refractivity contribution in [3.63, 3.8) is 0 Å². The summed E-state index contributed by atoms with van der Waals surface area (Å²) in [4.78, 5) is 35.6. The Kier molecular flexibility index (Phi) is 7.76. The molecule has 1 aromatic heterocycles. The molecule has 1 aromatic carbocycles. The van der Waals surface area contributed by atoms with Crippen LogP contribution in [0.2, 0.25) is 5.02 Å². The van der Waals surface area contributed by atoms with E-state index in [-0.39, 0.29) is 11.8 Å². The molecule has 0 aliphatic carbocycles. The van der Waals surface area contributed by atoms with E-state index in [1.807, 2.05) is 21.9 Å². The third-order valence-corrected chi connectivity index (χ3v) is 6.42. The van der Waals surface area contributed by atoms with E-state index in [0.29, 0.717) is 49.2 Å². The standard InChI is InChI=1S/C23H30ClN5O3/c24-19-7-5-18(6-8-19)23-25-20(32-26-23)9-10-21(30)29-15-13-27(14-16-29)17-22(31)28-11-3-1-2-4-12-28/h5-8H,1-4,9-17H2. The number of carbonyl (C=O) groups is 2. The summed E-state index contributed by atoms with van der Waals surface area (Å²) >= 11 is 5.91. The lowest BCUT2D eigenvalue weighted by molar-refractivity contribution is -0.135. The number of nitrogens with zero attached hydrogens (tertiary/aromatic N) is 5. The van der Waals surface area contributed by atoms with E-state index in [9.17, 15) is 9.59 Å². The molecule has 2 aliphatic rings. The van der Waals surface area contributed by atoms with E-state index in [2.05, 4.69) is 15.0 Å². The van der Waals surface area contributed by atoms with Gasteiger partial charge in [-0.25, -0.2) is 0 Å². The van der Waals surface area contributed by atoms with Gasteiger partial charge in [0.1, 0.15) is 0 Å². The predicted molar refractivity (Wildman–Crippen MR) is 121 cm³/mol. The van der Waals surface area contributed by atoms with Crippen LogP contribution in [0.3, 0.4) is 0 Å². The number of halogens is 1. The summed E-state index contributed by atoms with van der Waals surface area (Å²) in [5.74, 6) is 1.24. The molecular weight excluding hydrogens is 430 g/mol. The molecule has 172 valence electrons. The van der Waals surface area contributed by atoms with Gasteiger partial charge in [0.05, 0.1) is 6.54 Å². The first-order valence-corrected chi connectivity index (χ1v) is 11.8. The van der Waals surface area contributed by atoms with Gasteiger partial charge < -0.3 is 14.3 Å². The van der Waals surface area contributed by atoms with Gasteiger partial charge in [-0.1, -0.05) is 29.6 Å². The summed E-state index contributed by atoms with van der Waals surface area (Å²) in [7, 11) is 0. The van der Waals surface area contributed by atoms with Gasteiger partial charge >= 0.3 is 0 Å². The maximum Gasteiger partial charge on any atom is 0.236 e. The number of aryl methyl sites for hydroxylation is 1. The molecule has 3 heterocycles. The number of carbonyl (C=O) groups excluding carboxylic acids is 2. The minimum absolute atomic E-state index is 0.0785. The van der Waals surface area contributed by atoms with Crippen LogP contribution >= 0.6 is 11.6 Å². The molecule has 2 aromatic rings. The Morgan fingerprint density at radius 1 is 0.875 bits per heavy atom. The van der Waals surface area contributed by atoms with Gasteiger partial charge in [-0.05, 0) is 37.1 Å². The molecule has 4 rings (SSSR count). The van der Waals surface area contributed by atoms with Crippen LogP contribution in [0, 0.1) is 0 Å². The van der Waals surface area contributed by atoms with Crippen LogP contribution in [-0.4, -0.2) is 82.5 Å². The van der Waals surface area contributed by atoms with Gasteiger partial charge in [0, 0.05) is 62.7 Å². The number of rotatable bonds is 6. The molecule has 2 saturated heterocycles. The number of amides is 2. The molecule has 8 nitrogen and oxygen atoms in total. The largest absolute Gasteiger partial charge is 0.342 e. The Morgan fingerprint density at radius 3 is 2.22 bits per heavy atom. The molecule has 9 heteroatoms. The second-order valence-corrected chi connectivity index (χ2v) is 8.91. The summed E-state index contributed by atoms with van der Waals surface area (Å²) in [6, 6.07) is 7.22. The third-order valence-electron chi connectivity index (χ3n) is 6.17. The molecule has 0 atom stereocenters. The molecular formula is C23H30ClN5O3. The zero-order valence-electron chi connectivity index (χ0n) is 18.3. The topological polar surface area (TPSA) is 82.8 Å². The Bertz CT molecular complexity index is 901. The van der Waals surface area contributed by atoms with E-state index in [1.54, 1.807) is 12.1 Å². The highest BCUT2D eigenvalue weighted by atomic mass is 35.5. The Morgan fingerprint density at radius 2 is 1.53 bits per heavy atom. The highest BCUT2D eigenvalue weighted by Gasteiger charge is 2.24. The zero-order valence-corrected chi connectivity index (χ0v) is 19.1. The fraction of sp³-hybridized carbons (Fsp3) is 0.565. The number of aromatic nitrogens is 2. The lowest BCUT2D eigenvalue weighted by Crippen LogP contribution is -2.51. The minimum Gasteiger partial charge on any atom is -0.342 e. The molecule has 32 heavy (non-hydrogen) atoms. The van der Waals surface area contributed by atoms with Gasteiger partial charge in [-0.2, -0.15) is 4.98 Å². The highest BCUT2D eigenvalue weighted by Crippen LogP contribution is 2.19. The van der Waals surface area contributed by atoms with Crippen LogP contribution in [0.5, 0.6) is 0 Å². The summed E-state index contributed by atoms with van der Waals surface area (Å²) in [6.07, 6.45) is 5.39. The lowest BCUT2D eigenvalue weighted by atomic mass is 10.2. The van der Waals surface area contributed by atoms with Crippen molar-refractivity contribution in [3.8, 4) is 11.4 Å². The van der Waals surface area contributed by atoms with Crippen LogP contribution in [0.15, 0.2) is 28.8 Å². The summed E-state index contributed by atoms with van der Waals surface area (Å²) in [5.41, 5.74) is 0.821. The fourth-order valence-electron chi connectivity index (χ4n) is 4.21. The lowest BCUT2D eigenvalue weighted by Gasteiger charge is -2.35. The Labute approximate surface area is 193 Å². The van der Waals surface area contributed by atoms with E-state index in [1.165, 1.54) is 12.8 Å². The van der Waals surface area contributed by atoms with Gasteiger partial charge in [0.2, 0.25) is 23.5 Å². The van der Waals surface area contributed by atoms with E-state index < -0.39 is 0 Å². The van der Waals surface area contributed by atoms with Gasteiger partial charge in [0.15, 0.2) is 0 Å². The molecule has 2 amide bonds. The smallest absolute Gasteiger partial charge is 0.236 e. The van der Waals surface area contributed by atoms with Crippen molar-refractivity contribution in [2.75, 3.05) is 45.8 Å². The van der Waals surface area contributed by atoms with Crippen LogP contribution in [0.1, 0.15) is 38.0 Å². The molecule has 2 fully saturated rings. The molecule has 0 unspecified atom stereocenters. The van der Waals surface area contributed by atoms with E-state index in [0.717, 1.165) is 44.6 Å². The average molecular weight is 460 g/mol. The SMILES string of the molecule is O=C(CCc1nc(-c2ccc(Cl)cc2)no1)N1CCN(CC(=O)N2CCCCCC2)CC1. The molecule has 0 saturated carbocycles. The number of likely N-dealkylation sites (tertiary alicyclic amines) is 1. The first-order chi connectivity index (χ1) is 15.6. The molecule has 0 bridgehead atoms. The first kappa shape index (κ1) is 22.7. The number of hydrogen-bond donors (Lipinski definition) is 0.